The van der Waals surface area contributed by atoms with E-state index in [0.717, 1.165) is 32.0 Å². The van der Waals surface area contributed by atoms with Crippen molar-refractivity contribution in [3.8, 4) is 0 Å². The molecule has 2 aromatic rings. The number of benzene rings is 2. The van der Waals surface area contributed by atoms with Crippen molar-refractivity contribution in [3.63, 3.8) is 0 Å². The monoisotopic (exact) mass is 358 g/mol. The smallest absolute Gasteiger partial charge is 0.251 e. The van der Waals surface area contributed by atoms with Gasteiger partial charge in [0.15, 0.2) is 11.6 Å². The zero-order chi connectivity index (χ0) is 18.7. The summed E-state index contributed by atoms with van der Waals surface area (Å²) >= 11 is 0. The zero-order valence-electron chi connectivity index (χ0n) is 15.1. The maximum absolute atomic E-state index is 13.9. The van der Waals surface area contributed by atoms with Crippen LogP contribution in [-0.4, -0.2) is 29.4 Å². The van der Waals surface area contributed by atoms with Gasteiger partial charge < -0.3 is 5.32 Å². The van der Waals surface area contributed by atoms with Crippen LogP contribution in [0.5, 0.6) is 0 Å². The first-order valence-electron chi connectivity index (χ1n) is 8.95. The molecular formula is C21H24F2N2O. The molecule has 3 nitrogen and oxygen atoms in total. The molecule has 0 radical (unpaired) electrons. The lowest BCUT2D eigenvalue weighted by Crippen LogP contribution is -2.52. The second-order valence-corrected chi connectivity index (χ2v) is 7.29. The van der Waals surface area contributed by atoms with Gasteiger partial charge in [0.1, 0.15) is 0 Å². The maximum Gasteiger partial charge on any atom is 0.251 e. The van der Waals surface area contributed by atoms with E-state index in [-0.39, 0.29) is 5.91 Å². The molecule has 1 N–H and O–H groups in total. The van der Waals surface area contributed by atoms with Crippen LogP contribution in [0.2, 0.25) is 0 Å². The van der Waals surface area contributed by atoms with Crippen LogP contribution in [0.15, 0.2) is 48.5 Å². The SMILES string of the molecule is CC(C)(C(NC(=O)c1ccccc1)c1ccc(F)c(F)c1)N1CCCC1. The third kappa shape index (κ3) is 3.78. The van der Waals surface area contributed by atoms with Gasteiger partial charge in [-0.2, -0.15) is 0 Å². The summed E-state index contributed by atoms with van der Waals surface area (Å²) in [5, 5.41) is 3.04. The number of halogens is 2. The fourth-order valence-electron chi connectivity index (χ4n) is 3.64. The molecule has 1 fully saturated rings. The Morgan fingerprint density at radius 3 is 2.31 bits per heavy atom. The van der Waals surface area contributed by atoms with Gasteiger partial charge in [-0.3, -0.25) is 9.69 Å². The molecular weight excluding hydrogens is 334 g/mol. The average Bonchev–Trinajstić information content (AvgIpc) is 3.18. The standard InChI is InChI=1S/C21H24F2N2O/c1-21(2,25-12-6-7-13-25)19(16-10-11-17(22)18(23)14-16)24-20(26)15-8-4-3-5-9-15/h3-5,8-11,14,19H,6-7,12-13H2,1-2H3,(H,24,26). The summed E-state index contributed by atoms with van der Waals surface area (Å²) in [7, 11) is 0. The van der Waals surface area contributed by atoms with Gasteiger partial charge in [-0.1, -0.05) is 24.3 Å². The first-order valence-corrected chi connectivity index (χ1v) is 8.95. The van der Waals surface area contributed by atoms with Gasteiger partial charge in [0, 0.05) is 11.1 Å². The van der Waals surface area contributed by atoms with Crippen molar-refractivity contribution in [1.29, 1.82) is 0 Å². The molecule has 1 atom stereocenters. The Kier molecular flexibility index (Phi) is 5.37. The summed E-state index contributed by atoms with van der Waals surface area (Å²) in [4.78, 5) is 15.0. The highest BCUT2D eigenvalue weighted by Gasteiger charge is 2.39. The Morgan fingerprint density at radius 2 is 1.69 bits per heavy atom. The highest BCUT2D eigenvalue weighted by molar-refractivity contribution is 5.94. The van der Waals surface area contributed by atoms with Gasteiger partial charge in [0.2, 0.25) is 0 Å². The minimum atomic E-state index is -0.904. The van der Waals surface area contributed by atoms with E-state index < -0.39 is 23.2 Å². The second-order valence-electron chi connectivity index (χ2n) is 7.29. The Bertz CT molecular complexity index is 771. The third-order valence-corrected chi connectivity index (χ3v) is 5.22. The van der Waals surface area contributed by atoms with Crippen molar-refractivity contribution < 1.29 is 13.6 Å². The number of nitrogens with one attached hydrogen (secondary N) is 1. The third-order valence-electron chi connectivity index (χ3n) is 5.22. The fourth-order valence-corrected chi connectivity index (χ4v) is 3.64. The summed E-state index contributed by atoms with van der Waals surface area (Å²) in [5.74, 6) is -2.02. The first-order chi connectivity index (χ1) is 12.4. The number of hydrogen-bond donors (Lipinski definition) is 1. The minimum Gasteiger partial charge on any atom is -0.343 e. The Morgan fingerprint density at radius 1 is 1.04 bits per heavy atom. The zero-order valence-corrected chi connectivity index (χ0v) is 15.1. The summed E-state index contributed by atoms with van der Waals surface area (Å²) in [6.07, 6.45) is 2.20. The van der Waals surface area contributed by atoms with Crippen molar-refractivity contribution in [2.24, 2.45) is 0 Å². The first kappa shape index (κ1) is 18.5. The Labute approximate surface area is 153 Å². The molecule has 5 heteroatoms. The molecule has 138 valence electrons. The summed E-state index contributed by atoms with van der Waals surface area (Å²) in [6.45, 7) is 5.92. The number of nitrogens with zero attached hydrogens (tertiary/aromatic N) is 1. The molecule has 0 bridgehead atoms. The quantitative estimate of drug-likeness (QED) is 0.864. The average molecular weight is 358 g/mol. The van der Waals surface area contributed by atoms with Crippen LogP contribution in [0.25, 0.3) is 0 Å². The van der Waals surface area contributed by atoms with E-state index in [1.807, 2.05) is 19.9 Å². The molecule has 1 aliphatic rings. The number of hydrogen-bond acceptors (Lipinski definition) is 2. The van der Waals surface area contributed by atoms with Crippen LogP contribution in [0.4, 0.5) is 8.78 Å². The van der Waals surface area contributed by atoms with E-state index in [0.29, 0.717) is 11.1 Å². The lowest BCUT2D eigenvalue weighted by atomic mass is 9.86. The molecule has 0 saturated carbocycles. The van der Waals surface area contributed by atoms with Crippen LogP contribution >= 0.6 is 0 Å². The van der Waals surface area contributed by atoms with Gasteiger partial charge >= 0.3 is 0 Å². The Balaban J connectivity index is 1.95. The molecule has 26 heavy (non-hydrogen) atoms. The van der Waals surface area contributed by atoms with Crippen molar-refractivity contribution in [2.45, 2.75) is 38.3 Å². The molecule has 1 aliphatic heterocycles. The lowest BCUT2D eigenvalue weighted by molar-refractivity contribution is 0.0778. The van der Waals surface area contributed by atoms with Crippen LogP contribution < -0.4 is 5.32 Å². The molecule has 1 heterocycles. The number of rotatable bonds is 5. The summed E-state index contributed by atoms with van der Waals surface area (Å²) < 4.78 is 27.3. The van der Waals surface area contributed by atoms with E-state index in [4.69, 9.17) is 0 Å². The van der Waals surface area contributed by atoms with Crippen molar-refractivity contribution in [1.82, 2.24) is 10.2 Å². The van der Waals surface area contributed by atoms with E-state index in [1.165, 1.54) is 6.07 Å². The topological polar surface area (TPSA) is 32.3 Å². The number of carbonyl (C=O) groups excluding carboxylic acids is 1. The Hall–Kier alpha value is -2.27. The minimum absolute atomic E-state index is 0.229. The van der Waals surface area contributed by atoms with E-state index in [9.17, 15) is 13.6 Å². The van der Waals surface area contributed by atoms with Crippen molar-refractivity contribution >= 4 is 5.91 Å². The van der Waals surface area contributed by atoms with Gasteiger partial charge in [0.05, 0.1) is 6.04 Å². The van der Waals surface area contributed by atoms with E-state index in [2.05, 4.69) is 10.2 Å². The molecule has 3 rings (SSSR count). The lowest BCUT2D eigenvalue weighted by Gasteiger charge is -2.42. The van der Waals surface area contributed by atoms with Gasteiger partial charge in [-0.25, -0.2) is 8.78 Å². The van der Waals surface area contributed by atoms with Gasteiger partial charge in [-0.15, -0.1) is 0 Å². The number of carbonyl (C=O) groups is 1. The predicted octanol–water partition coefficient (Wildman–Crippen LogP) is 4.31. The van der Waals surface area contributed by atoms with Gasteiger partial charge in [0.25, 0.3) is 5.91 Å². The molecule has 1 amide bonds. The molecule has 1 unspecified atom stereocenters. The maximum atomic E-state index is 13.9. The van der Waals surface area contributed by atoms with Crippen LogP contribution in [0.1, 0.15) is 48.7 Å². The highest BCUT2D eigenvalue weighted by atomic mass is 19.2. The summed E-state index contributed by atoms with van der Waals surface area (Å²) in [6, 6.07) is 12.3. The van der Waals surface area contributed by atoms with Crippen LogP contribution in [-0.2, 0) is 0 Å². The van der Waals surface area contributed by atoms with Crippen LogP contribution in [0.3, 0.4) is 0 Å². The van der Waals surface area contributed by atoms with Crippen LogP contribution in [0, 0.1) is 11.6 Å². The summed E-state index contributed by atoms with van der Waals surface area (Å²) in [5.41, 5.74) is 0.660. The fraction of sp³-hybridized carbons (Fsp3) is 0.381. The van der Waals surface area contributed by atoms with Crippen molar-refractivity contribution in [2.75, 3.05) is 13.1 Å². The normalized spacial score (nSPS) is 16.5. The van der Waals surface area contributed by atoms with Gasteiger partial charge in [-0.05, 0) is 69.6 Å². The second kappa shape index (κ2) is 7.54. The molecule has 0 aliphatic carbocycles. The highest BCUT2D eigenvalue weighted by Crippen LogP contribution is 2.34. The molecule has 0 spiro atoms. The molecule has 2 aromatic carbocycles. The largest absolute Gasteiger partial charge is 0.343 e. The predicted molar refractivity (Wildman–Crippen MR) is 97.9 cm³/mol. The van der Waals surface area contributed by atoms with E-state index >= 15 is 0 Å². The number of amides is 1. The molecule has 0 aromatic heterocycles. The number of likely N-dealkylation sites (tertiary alicyclic amines) is 1. The van der Waals surface area contributed by atoms with Crippen molar-refractivity contribution in [3.05, 3.63) is 71.3 Å². The molecule has 1 saturated heterocycles. The van der Waals surface area contributed by atoms with E-state index in [1.54, 1.807) is 30.3 Å².